The fourth-order valence-corrected chi connectivity index (χ4v) is 4.53. The molecule has 0 bridgehead atoms. The van der Waals surface area contributed by atoms with E-state index in [2.05, 4.69) is 52.6 Å². The van der Waals surface area contributed by atoms with Crippen molar-refractivity contribution < 1.29 is 4.79 Å². The van der Waals surface area contributed by atoms with Gasteiger partial charge in [-0.3, -0.25) is 9.69 Å². The lowest BCUT2D eigenvalue weighted by atomic mass is 10.1. The van der Waals surface area contributed by atoms with E-state index in [0.717, 1.165) is 43.0 Å². The normalized spacial score (nSPS) is 18.0. The number of nitrogens with one attached hydrogen (secondary N) is 1. The second-order valence-corrected chi connectivity index (χ2v) is 8.91. The molecule has 148 valence electrons. The maximum atomic E-state index is 12.2. The molecule has 3 aromatic rings. The third-order valence-corrected chi connectivity index (χ3v) is 5.99. The zero-order chi connectivity index (χ0) is 19.5. The van der Waals surface area contributed by atoms with Crippen molar-refractivity contribution in [1.82, 2.24) is 30.2 Å². The summed E-state index contributed by atoms with van der Waals surface area (Å²) in [7, 11) is 0. The van der Waals surface area contributed by atoms with Crippen LogP contribution < -0.4 is 5.32 Å². The molecule has 1 N–H and O–H groups in total. The second kappa shape index (κ2) is 8.36. The van der Waals surface area contributed by atoms with Crippen LogP contribution in [-0.4, -0.2) is 50.4 Å². The number of carbonyl (C=O) groups excluding carboxylic acids is 1. The van der Waals surface area contributed by atoms with Crippen LogP contribution in [0, 0.1) is 5.92 Å². The smallest absolute Gasteiger partial charge is 0.273 e. The number of rotatable bonds is 6. The highest BCUT2D eigenvalue weighted by Gasteiger charge is 2.24. The first-order valence-electron chi connectivity index (χ1n) is 9.85. The molecule has 8 heteroatoms. The second-order valence-electron chi connectivity index (χ2n) is 7.79. The molecule has 1 amide bonds. The van der Waals surface area contributed by atoms with Gasteiger partial charge in [0.25, 0.3) is 5.91 Å². The van der Waals surface area contributed by atoms with Crippen LogP contribution in [0.25, 0.3) is 10.2 Å². The summed E-state index contributed by atoms with van der Waals surface area (Å²) in [4.78, 5) is 19.4. The zero-order valence-electron chi connectivity index (χ0n) is 16.3. The summed E-state index contributed by atoms with van der Waals surface area (Å²) in [5.74, 6) is 0.260. The Morgan fingerprint density at radius 1 is 1.36 bits per heavy atom. The van der Waals surface area contributed by atoms with Gasteiger partial charge in [-0.05, 0) is 37.4 Å². The van der Waals surface area contributed by atoms with Crippen molar-refractivity contribution >= 4 is 27.5 Å². The first-order valence-corrected chi connectivity index (χ1v) is 10.7. The Bertz CT molecular complexity index is 916. The molecule has 1 aromatic carbocycles. The Hall–Kier alpha value is -2.32. The monoisotopic (exact) mass is 398 g/mol. The van der Waals surface area contributed by atoms with Gasteiger partial charge in [0, 0.05) is 13.1 Å². The quantitative estimate of drug-likeness (QED) is 0.690. The number of para-hydroxylation sites is 1. The molecule has 7 nitrogen and oxygen atoms in total. The van der Waals surface area contributed by atoms with E-state index in [9.17, 15) is 4.79 Å². The van der Waals surface area contributed by atoms with Crippen LogP contribution in [0.4, 0.5) is 0 Å². The van der Waals surface area contributed by atoms with Crippen molar-refractivity contribution in [3.63, 3.8) is 0 Å². The number of thiazole rings is 1. The molecular weight excluding hydrogens is 372 g/mol. The van der Waals surface area contributed by atoms with E-state index < -0.39 is 0 Å². The summed E-state index contributed by atoms with van der Waals surface area (Å²) in [6.07, 6.45) is 3.93. The molecule has 1 aliphatic heterocycles. The molecule has 4 rings (SSSR count). The molecule has 1 saturated heterocycles. The SMILES string of the molecule is CC(C)CNC(=O)c1cn(C2CCCN(Cc3nc4ccccc4s3)C2)nn1. The van der Waals surface area contributed by atoms with Crippen LogP contribution in [0.2, 0.25) is 0 Å². The van der Waals surface area contributed by atoms with Crippen LogP contribution in [0.3, 0.4) is 0 Å². The topological polar surface area (TPSA) is 75.9 Å². The average Bonchev–Trinajstić information content (AvgIpc) is 3.33. The molecule has 1 fully saturated rings. The largest absolute Gasteiger partial charge is 0.350 e. The van der Waals surface area contributed by atoms with Gasteiger partial charge in [0.1, 0.15) is 5.01 Å². The fourth-order valence-electron chi connectivity index (χ4n) is 3.52. The van der Waals surface area contributed by atoms with Crippen LogP contribution in [0.5, 0.6) is 0 Å². The molecule has 28 heavy (non-hydrogen) atoms. The lowest BCUT2D eigenvalue weighted by Crippen LogP contribution is -2.36. The summed E-state index contributed by atoms with van der Waals surface area (Å²) in [6, 6.07) is 8.51. The fraction of sp³-hybridized carbons (Fsp3) is 0.500. The van der Waals surface area contributed by atoms with Gasteiger partial charge in [0.2, 0.25) is 0 Å². The van der Waals surface area contributed by atoms with Crippen molar-refractivity contribution in [3.05, 3.63) is 41.2 Å². The van der Waals surface area contributed by atoms with E-state index in [1.165, 1.54) is 4.70 Å². The van der Waals surface area contributed by atoms with Gasteiger partial charge in [-0.15, -0.1) is 16.4 Å². The molecule has 0 radical (unpaired) electrons. The molecule has 0 spiro atoms. The first kappa shape index (κ1) is 19.0. The summed E-state index contributed by atoms with van der Waals surface area (Å²) in [5.41, 5.74) is 1.47. The van der Waals surface area contributed by atoms with Crippen LogP contribution in [-0.2, 0) is 6.54 Å². The predicted octanol–water partition coefficient (Wildman–Crippen LogP) is 3.11. The van der Waals surface area contributed by atoms with Crippen LogP contribution >= 0.6 is 11.3 Å². The Kier molecular flexibility index (Phi) is 5.68. The Balaban J connectivity index is 1.39. The minimum absolute atomic E-state index is 0.151. The van der Waals surface area contributed by atoms with Gasteiger partial charge < -0.3 is 5.32 Å². The number of amides is 1. The molecule has 3 heterocycles. The van der Waals surface area contributed by atoms with E-state index in [0.29, 0.717) is 18.2 Å². The van der Waals surface area contributed by atoms with Gasteiger partial charge in [-0.2, -0.15) is 0 Å². The lowest BCUT2D eigenvalue weighted by Gasteiger charge is -2.31. The number of fused-ring (bicyclic) bond motifs is 1. The highest BCUT2D eigenvalue weighted by Crippen LogP contribution is 2.26. The first-order chi connectivity index (χ1) is 13.6. The van der Waals surface area contributed by atoms with E-state index in [4.69, 9.17) is 4.98 Å². The maximum Gasteiger partial charge on any atom is 0.273 e. The summed E-state index contributed by atoms with van der Waals surface area (Å²) in [5, 5.41) is 12.4. The minimum Gasteiger partial charge on any atom is -0.350 e. The van der Waals surface area contributed by atoms with E-state index in [-0.39, 0.29) is 11.9 Å². The van der Waals surface area contributed by atoms with Gasteiger partial charge in [-0.1, -0.05) is 31.2 Å². The lowest BCUT2D eigenvalue weighted by molar-refractivity contribution is 0.0944. The highest BCUT2D eigenvalue weighted by molar-refractivity contribution is 7.18. The van der Waals surface area contributed by atoms with E-state index in [1.807, 2.05) is 10.7 Å². The molecule has 2 aromatic heterocycles. The third-order valence-electron chi connectivity index (χ3n) is 4.97. The number of carbonyl (C=O) groups is 1. The van der Waals surface area contributed by atoms with Gasteiger partial charge >= 0.3 is 0 Å². The zero-order valence-corrected chi connectivity index (χ0v) is 17.2. The van der Waals surface area contributed by atoms with Crippen LogP contribution in [0.1, 0.15) is 48.2 Å². The molecule has 0 aliphatic carbocycles. The van der Waals surface area contributed by atoms with Crippen LogP contribution in [0.15, 0.2) is 30.5 Å². The number of benzene rings is 1. The van der Waals surface area contributed by atoms with Crippen molar-refractivity contribution in [2.24, 2.45) is 5.92 Å². The summed E-state index contributed by atoms with van der Waals surface area (Å²) < 4.78 is 3.09. The Morgan fingerprint density at radius 3 is 3.04 bits per heavy atom. The van der Waals surface area contributed by atoms with Gasteiger partial charge in [0.15, 0.2) is 5.69 Å². The van der Waals surface area contributed by atoms with Crippen molar-refractivity contribution in [3.8, 4) is 0 Å². The standard InChI is InChI=1S/C20H26N6OS/c1-14(2)10-21-20(27)17-12-26(24-23-17)15-6-5-9-25(11-15)13-19-22-16-7-3-4-8-18(16)28-19/h3-4,7-8,12,14-15H,5-6,9-11,13H2,1-2H3,(H,21,27). The van der Waals surface area contributed by atoms with E-state index in [1.54, 1.807) is 17.5 Å². The van der Waals surface area contributed by atoms with Crippen molar-refractivity contribution in [2.75, 3.05) is 19.6 Å². The Morgan fingerprint density at radius 2 is 2.21 bits per heavy atom. The maximum absolute atomic E-state index is 12.2. The summed E-state index contributed by atoms with van der Waals surface area (Å²) >= 11 is 1.76. The van der Waals surface area contributed by atoms with Crippen molar-refractivity contribution in [2.45, 2.75) is 39.3 Å². The third kappa shape index (κ3) is 4.39. The number of likely N-dealkylation sites (tertiary alicyclic amines) is 1. The van der Waals surface area contributed by atoms with Gasteiger partial charge in [0.05, 0.1) is 29.0 Å². The average molecular weight is 399 g/mol. The van der Waals surface area contributed by atoms with Gasteiger partial charge in [-0.25, -0.2) is 9.67 Å². The van der Waals surface area contributed by atoms with E-state index >= 15 is 0 Å². The highest BCUT2D eigenvalue weighted by atomic mass is 32.1. The number of aromatic nitrogens is 4. The Labute approximate surface area is 168 Å². The molecule has 1 unspecified atom stereocenters. The molecular formula is C20H26N6OS. The minimum atomic E-state index is -0.151. The predicted molar refractivity (Wildman–Crippen MR) is 110 cm³/mol. The molecule has 0 saturated carbocycles. The number of hydrogen-bond donors (Lipinski definition) is 1. The molecule has 1 aliphatic rings. The number of nitrogens with zero attached hydrogens (tertiary/aromatic N) is 5. The molecule has 1 atom stereocenters. The van der Waals surface area contributed by atoms with Crippen molar-refractivity contribution in [1.29, 1.82) is 0 Å². The number of piperidine rings is 1. The number of hydrogen-bond acceptors (Lipinski definition) is 6. The summed E-state index contributed by atoms with van der Waals surface area (Å²) in [6.45, 7) is 7.59.